The van der Waals surface area contributed by atoms with Crippen molar-refractivity contribution in [2.24, 2.45) is 0 Å². The fourth-order valence-corrected chi connectivity index (χ4v) is 0.801. The molecule has 0 saturated carbocycles. The fourth-order valence-electron chi connectivity index (χ4n) is 0.801. The van der Waals surface area contributed by atoms with E-state index in [1.54, 1.807) is 0 Å². The Morgan fingerprint density at radius 1 is 1.50 bits per heavy atom. The average molecular weight is 361 g/mol. The van der Waals surface area contributed by atoms with Gasteiger partial charge in [0.15, 0.2) is 0 Å². The van der Waals surface area contributed by atoms with Gasteiger partial charge in [0.1, 0.15) is 5.75 Å². The molecule has 0 aliphatic rings. The van der Waals surface area contributed by atoms with Gasteiger partial charge >= 0.3 is 26.2 Å². The van der Waals surface area contributed by atoms with Gasteiger partial charge in [-0.2, -0.15) is 0 Å². The zero-order chi connectivity index (χ0) is 7.94. The van der Waals surface area contributed by atoms with Crippen LogP contribution in [0.5, 0.6) is 5.75 Å². The molecule has 0 saturated heterocycles. The first-order valence-corrected chi connectivity index (χ1v) is 4.02. The molecule has 0 unspecified atom stereocenters. The Labute approximate surface area is 93.3 Å². The van der Waals surface area contributed by atoms with E-state index in [9.17, 15) is 0 Å². The summed E-state index contributed by atoms with van der Waals surface area (Å²) in [5.74, 6) is 0.918. The SMILES string of the molecule is CCCCOc1c[c]ccc1.[BiH3]. The van der Waals surface area contributed by atoms with Gasteiger partial charge in [-0.05, 0) is 24.6 Å². The van der Waals surface area contributed by atoms with Crippen LogP contribution in [0.15, 0.2) is 24.3 Å². The molecule has 0 fully saturated rings. The number of hydrogen-bond acceptors (Lipinski definition) is 1. The summed E-state index contributed by atoms with van der Waals surface area (Å²) in [6, 6.07) is 10.6. The molecule has 0 spiro atoms. The van der Waals surface area contributed by atoms with E-state index in [1.165, 1.54) is 6.42 Å². The second kappa shape index (κ2) is 7.55. The average Bonchev–Trinajstić information content (AvgIpc) is 2.07. The van der Waals surface area contributed by atoms with Gasteiger partial charge in [0.05, 0.1) is 6.61 Å². The molecule has 2 heteroatoms. The first-order valence-electron chi connectivity index (χ1n) is 4.02. The summed E-state index contributed by atoms with van der Waals surface area (Å²) in [6.45, 7) is 2.97. The molecule has 0 aromatic heterocycles. The molecule has 0 N–H and O–H groups in total. The van der Waals surface area contributed by atoms with Crippen LogP contribution in [-0.4, -0.2) is 32.8 Å². The maximum atomic E-state index is 5.42. The summed E-state index contributed by atoms with van der Waals surface area (Å²) in [5.41, 5.74) is 0. The van der Waals surface area contributed by atoms with Crippen LogP contribution in [0.3, 0.4) is 0 Å². The summed E-state index contributed by atoms with van der Waals surface area (Å²) >= 11 is 0. The second-order valence-electron chi connectivity index (χ2n) is 2.44. The maximum absolute atomic E-state index is 5.42. The zero-order valence-corrected chi connectivity index (χ0v) is 13.0. The molecule has 1 radical (unpaired) electrons. The van der Waals surface area contributed by atoms with Crippen LogP contribution in [-0.2, 0) is 0 Å². The predicted octanol–water partition coefficient (Wildman–Crippen LogP) is 1.48. The van der Waals surface area contributed by atoms with Crippen LogP contribution < -0.4 is 4.74 Å². The number of benzene rings is 1. The van der Waals surface area contributed by atoms with E-state index in [0.29, 0.717) is 0 Å². The van der Waals surface area contributed by atoms with Crippen molar-refractivity contribution in [3.8, 4) is 5.75 Å². The van der Waals surface area contributed by atoms with Crippen molar-refractivity contribution in [2.45, 2.75) is 19.8 Å². The number of rotatable bonds is 4. The summed E-state index contributed by atoms with van der Waals surface area (Å²) < 4.78 is 5.42. The minimum absolute atomic E-state index is 0. The monoisotopic (exact) mass is 361 g/mol. The van der Waals surface area contributed by atoms with Crippen molar-refractivity contribution in [1.82, 2.24) is 0 Å². The van der Waals surface area contributed by atoms with E-state index < -0.39 is 0 Å². The van der Waals surface area contributed by atoms with Gasteiger partial charge in [-0.1, -0.05) is 25.5 Å². The molecule has 0 bridgehead atoms. The number of ether oxygens (including phenoxy) is 1. The molecule has 1 nitrogen and oxygen atoms in total. The van der Waals surface area contributed by atoms with Crippen molar-refractivity contribution >= 4 is 26.2 Å². The van der Waals surface area contributed by atoms with Crippen molar-refractivity contribution in [3.63, 3.8) is 0 Å². The van der Waals surface area contributed by atoms with Gasteiger partial charge in [0, 0.05) is 0 Å². The predicted molar refractivity (Wildman–Crippen MR) is 55.6 cm³/mol. The molecule has 1 rings (SSSR count). The van der Waals surface area contributed by atoms with Crippen LogP contribution in [0, 0.1) is 6.07 Å². The molecule has 0 aliphatic heterocycles. The third-order valence-corrected chi connectivity index (χ3v) is 1.45. The Hall–Kier alpha value is -0.0969. The molecule has 67 valence electrons. The fraction of sp³-hybridized carbons (Fsp3) is 0.400. The third-order valence-electron chi connectivity index (χ3n) is 1.45. The van der Waals surface area contributed by atoms with Gasteiger partial charge in [0.25, 0.3) is 0 Å². The van der Waals surface area contributed by atoms with Gasteiger partial charge < -0.3 is 4.74 Å². The Kier molecular flexibility index (Phi) is 7.49. The van der Waals surface area contributed by atoms with Crippen molar-refractivity contribution < 1.29 is 4.74 Å². The molecular weight excluding hydrogens is 345 g/mol. The first-order chi connectivity index (χ1) is 5.43. The number of unbranched alkanes of at least 4 members (excludes halogenated alkanes) is 1. The molecule has 1 aromatic carbocycles. The van der Waals surface area contributed by atoms with E-state index in [-0.39, 0.29) is 26.2 Å². The normalized spacial score (nSPS) is 8.75. The first kappa shape index (κ1) is 11.9. The molecule has 0 atom stereocenters. The topological polar surface area (TPSA) is 9.23 Å². The number of hydrogen-bond donors (Lipinski definition) is 0. The zero-order valence-electron chi connectivity index (χ0n) is 7.55. The summed E-state index contributed by atoms with van der Waals surface area (Å²) in [6.07, 6.45) is 2.30. The second-order valence-corrected chi connectivity index (χ2v) is 2.44. The Bertz CT molecular complexity index is 186. The van der Waals surface area contributed by atoms with Crippen LogP contribution in [0.4, 0.5) is 0 Å². The van der Waals surface area contributed by atoms with Crippen LogP contribution in [0.25, 0.3) is 0 Å². The Morgan fingerprint density at radius 3 is 2.92 bits per heavy atom. The van der Waals surface area contributed by atoms with Crippen molar-refractivity contribution in [2.75, 3.05) is 6.61 Å². The molecular formula is C10H16BiO. The summed E-state index contributed by atoms with van der Waals surface area (Å²) in [7, 11) is 0. The standard InChI is InChI=1S/C10H13O.Bi.3H/c1-2-3-9-11-10-7-5-4-6-8-10;;;;/h4-5,7-8H,2-3,9H2,1H3;;;;. The summed E-state index contributed by atoms with van der Waals surface area (Å²) in [4.78, 5) is 0. The Morgan fingerprint density at radius 2 is 2.33 bits per heavy atom. The van der Waals surface area contributed by atoms with E-state index in [2.05, 4.69) is 13.0 Å². The molecule has 0 aliphatic carbocycles. The van der Waals surface area contributed by atoms with Gasteiger partial charge in [-0.15, -0.1) is 0 Å². The van der Waals surface area contributed by atoms with Gasteiger partial charge in [0.2, 0.25) is 0 Å². The van der Waals surface area contributed by atoms with E-state index in [0.717, 1.165) is 18.8 Å². The molecule has 0 amide bonds. The van der Waals surface area contributed by atoms with Crippen LogP contribution in [0.1, 0.15) is 19.8 Å². The van der Waals surface area contributed by atoms with E-state index in [4.69, 9.17) is 4.74 Å². The quantitative estimate of drug-likeness (QED) is 0.583. The summed E-state index contributed by atoms with van der Waals surface area (Å²) in [5, 5.41) is 0. The van der Waals surface area contributed by atoms with Crippen molar-refractivity contribution in [1.29, 1.82) is 0 Å². The van der Waals surface area contributed by atoms with Gasteiger partial charge in [-0.3, -0.25) is 0 Å². The molecule has 1 aromatic rings. The van der Waals surface area contributed by atoms with Crippen LogP contribution in [0.2, 0.25) is 0 Å². The van der Waals surface area contributed by atoms with E-state index in [1.807, 2.05) is 24.3 Å². The van der Waals surface area contributed by atoms with Crippen LogP contribution >= 0.6 is 0 Å². The van der Waals surface area contributed by atoms with Crippen molar-refractivity contribution in [3.05, 3.63) is 30.3 Å². The van der Waals surface area contributed by atoms with Gasteiger partial charge in [-0.25, -0.2) is 0 Å². The van der Waals surface area contributed by atoms with E-state index >= 15 is 0 Å². The molecule has 12 heavy (non-hydrogen) atoms. The minimum atomic E-state index is 0. The Balaban J connectivity index is 0.00000121. The third kappa shape index (κ3) is 4.71. The molecule has 0 heterocycles.